The number of carbonyl (C=O) groups is 2. The molecule has 0 radical (unpaired) electrons. The highest BCUT2D eigenvalue weighted by Gasteiger charge is 2.37. The van der Waals surface area contributed by atoms with E-state index in [4.69, 9.17) is 9.47 Å². The van der Waals surface area contributed by atoms with Gasteiger partial charge in [-0.05, 0) is 67.6 Å². The number of anilines is 1. The van der Waals surface area contributed by atoms with E-state index < -0.39 is 16.7 Å². The Morgan fingerprint density at radius 1 is 0.686 bits per heavy atom. The highest BCUT2D eigenvalue weighted by molar-refractivity contribution is 6.34. The molecule has 4 aromatic carbocycles. The van der Waals surface area contributed by atoms with Gasteiger partial charge >= 0.3 is 0 Å². The van der Waals surface area contributed by atoms with Gasteiger partial charge in [0, 0.05) is 6.07 Å². The van der Waals surface area contributed by atoms with E-state index in [0.717, 1.165) is 10.5 Å². The predicted molar refractivity (Wildman–Crippen MR) is 128 cm³/mol. The number of carbonyl (C=O) groups excluding carboxylic acids is 2. The maximum Gasteiger partial charge on any atom is 0.273 e. The number of benzene rings is 4. The third-order valence-corrected chi connectivity index (χ3v) is 5.47. The first-order chi connectivity index (χ1) is 16.9. The lowest BCUT2D eigenvalue weighted by molar-refractivity contribution is -0.384. The van der Waals surface area contributed by atoms with Crippen LogP contribution in [0.4, 0.5) is 11.4 Å². The van der Waals surface area contributed by atoms with Crippen LogP contribution in [0, 0.1) is 17.0 Å². The molecule has 0 saturated carbocycles. The molecule has 0 N–H and O–H groups in total. The Morgan fingerprint density at radius 2 is 1.26 bits per heavy atom. The number of rotatable bonds is 6. The van der Waals surface area contributed by atoms with Crippen molar-refractivity contribution in [1.29, 1.82) is 0 Å². The molecule has 8 heteroatoms. The Hall–Kier alpha value is -4.98. The van der Waals surface area contributed by atoms with E-state index in [0.29, 0.717) is 17.2 Å². The lowest BCUT2D eigenvalue weighted by atomic mass is 10.1. The summed E-state index contributed by atoms with van der Waals surface area (Å²) in [7, 11) is 0. The lowest BCUT2D eigenvalue weighted by Crippen LogP contribution is -2.29. The average Bonchev–Trinajstić information content (AvgIpc) is 3.10. The van der Waals surface area contributed by atoms with Crippen LogP contribution in [0.3, 0.4) is 0 Å². The maximum atomic E-state index is 13.1. The van der Waals surface area contributed by atoms with Crippen molar-refractivity contribution in [1.82, 2.24) is 0 Å². The molecule has 1 aliphatic heterocycles. The molecule has 0 unspecified atom stereocenters. The SMILES string of the molecule is Cc1ccc(Oc2ccc(N3C(=O)c4ccc(Oc5cccc([N+](=O)[O-])c5)cc4C3=O)cc2)cc1. The van der Waals surface area contributed by atoms with Crippen molar-refractivity contribution in [3.05, 3.63) is 118 Å². The summed E-state index contributed by atoms with van der Waals surface area (Å²) in [5, 5.41) is 11.0. The molecule has 0 bridgehead atoms. The molecule has 172 valence electrons. The zero-order valence-electron chi connectivity index (χ0n) is 18.5. The Balaban J connectivity index is 1.35. The largest absolute Gasteiger partial charge is 0.457 e. The first-order valence-corrected chi connectivity index (χ1v) is 10.7. The quantitative estimate of drug-likeness (QED) is 0.188. The van der Waals surface area contributed by atoms with Crippen LogP contribution in [0.1, 0.15) is 26.3 Å². The number of hydrogen-bond acceptors (Lipinski definition) is 6. The van der Waals surface area contributed by atoms with Crippen molar-refractivity contribution in [3.63, 3.8) is 0 Å². The van der Waals surface area contributed by atoms with Gasteiger partial charge in [-0.3, -0.25) is 19.7 Å². The van der Waals surface area contributed by atoms with E-state index in [-0.39, 0.29) is 28.3 Å². The minimum absolute atomic E-state index is 0.115. The fourth-order valence-electron chi connectivity index (χ4n) is 3.72. The topological polar surface area (TPSA) is 99.0 Å². The Morgan fingerprint density at radius 3 is 1.94 bits per heavy atom. The molecule has 4 aromatic rings. The van der Waals surface area contributed by atoms with Crippen LogP contribution < -0.4 is 14.4 Å². The highest BCUT2D eigenvalue weighted by atomic mass is 16.6. The second-order valence-electron chi connectivity index (χ2n) is 7.92. The molecule has 0 saturated heterocycles. The van der Waals surface area contributed by atoms with Crippen LogP contribution >= 0.6 is 0 Å². The van der Waals surface area contributed by atoms with Crippen molar-refractivity contribution < 1.29 is 24.0 Å². The number of amides is 2. The van der Waals surface area contributed by atoms with Gasteiger partial charge in [0.15, 0.2) is 0 Å². The minimum Gasteiger partial charge on any atom is -0.457 e. The number of fused-ring (bicyclic) bond motifs is 1. The molecule has 0 aliphatic carbocycles. The number of aryl methyl sites for hydroxylation is 1. The second kappa shape index (κ2) is 8.75. The predicted octanol–water partition coefficient (Wildman–Crippen LogP) is 6.29. The molecule has 0 atom stereocenters. The van der Waals surface area contributed by atoms with Gasteiger partial charge in [-0.15, -0.1) is 0 Å². The molecule has 5 rings (SSSR count). The van der Waals surface area contributed by atoms with Crippen LogP contribution in [0.25, 0.3) is 0 Å². The monoisotopic (exact) mass is 466 g/mol. The molecule has 35 heavy (non-hydrogen) atoms. The summed E-state index contributed by atoms with van der Waals surface area (Å²) in [6, 6.07) is 24.5. The minimum atomic E-state index is -0.521. The number of non-ortho nitro benzene ring substituents is 1. The highest BCUT2D eigenvalue weighted by Crippen LogP contribution is 2.34. The molecule has 2 amide bonds. The summed E-state index contributed by atoms with van der Waals surface area (Å²) < 4.78 is 11.5. The number of nitro groups is 1. The number of hydrogen-bond donors (Lipinski definition) is 0. The standard InChI is InChI=1S/C27H18N2O6/c1-17-5-9-20(10-6-17)34-21-11-7-18(8-12-21)28-26(30)24-14-13-23(16-25(24)27(28)31)35-22-4-2-3-19(15-22)29(32)33/h2-16H,1H3. The summed E-state index contributed by atoms with van der Waals surface area (Å²) in [6.07, 6.45) is 0. The van der Waals surface area contributed by atoms with Crippen LogP contribution in [0.15, 0.2) is 91.0 Å². The fraction of sp³-hybridized carbons (Fsp3) is 0.0370. The first kappa shape index (κ1) is 21.8. The van der Waals surface area contributed by atoms with Gasteiger partial charge in [0.05, 0.1) is 27.8 Å². The van der Waals surface area contributed by atoms with Gasteiger partial charge in [0.25, 0.3) is 17.5 Å². The van der Waals surface area contributed by atoms with Crippen molar-refractivity contribution >= 4 is 23.2 Å². The molecular formula is C27H18N2O6. The van der Waals surface area contributed by atoms with Crippen molar-refractivity contribution in [2.75, 3.05) is 4.90 Å². The Bertz CT molecular complexity index is 1460. The van der Waals surface area contributed by atoms with E-state index in [1.165, 1.54) is 30.3 Å². The fourth-order valence-corrected chi connectivity index (χ4v) is 3.72. The molecule has 0 spiro atoms. The number of nitrogens with zero attached hydrogens (tertiary/aromatic N) is 2. The number of ether oxygens (including phenoxy) is 2. The zero-order valence-corrected chi connectivity index (χ0v) is 18.5. The van der Waals surface area contributed by atoms with Crippen LogP contribution in [-0.2, 0) is 0 Å². The molecule has 1 aliphatic rings. The summed E-state index contributed by atoms with van der Waals surface area (Å²) >= 11 is 0. The maximum absolute atomic E-state index is 13.1. The molecule has 8 nitrogen and oxygen atoms in total. The second-order valence-corrected chi connectivity index (χ2v) is 7.92. The van der Waals surface area contributed by atoms with Gasteiger partial charge < -0.3 is 9.47 Å². The summed E-state index contributed by atoms with van der Waals surface area (Å²) in [5.74, 6) is 0.856. The third-order valence-electron chi connectivity index (χ3n) is 5.47. The van der Waals surface area contributed by atoms with Gasteiger partial charge in [0.1, 0.15) is 23.0 Å². The van der Waals surface area contributed by atoms with Gasteiger partial charge in [-0.2, -0.15) is 0 Å². The van der Waals surface area contributed by atoms with Crippen molar-refractivity contribution in [2.45, 2.75) is 6.92 Å². The average molecular weight is 466 g/mol. The number of imide groups is 1. The Kier molecular flexibility index (Phi) is 5.46. The van der Waals surface area contributed by atoms with Gasteiger partial charge in [-0.25, -0.2) is 4.90 Å². The molecular weight excluding hydrogens is 448 g/mol. The van der Waals surface area contributed by atoms with E-state index in [2.05, 4.69) is 0 Å². The van der Waals surface area contributed by atoms with Crippen LogP contribution in [0.5, 0.6) is 23.0 Å². The van der Waals surface area contributed by atoms with E-state index in [9.17, 15) is 19.7 Å². The molecule has 1 heterocycles. The van der Waals surface area contributed by atoms with Crippen molar-refractivity contribution in [2.24, 2.45) is 0 Å². The Labute approximate surface area is 200 Å². The summed E-state index contributed by atoms with van der Waals surface area (Å²) in [5.41, 5.74) is 1.86. The van der Waals surface area contributed by atoms with Crippen molar-refractivity contribution in [3.8, 4) is 23.0 Å². The van der Waals surface area contributed by atoms with Crippen LogP contribution in [-0.4, -0.2) is 16.7 Å². The van der Waals surface area contributed by atoms with E-state index in [1.807, 2.05) is 31.2 Å². The van der Waals surface area contributed by atoms with E-state index >= 15 is 0 Å². The smallest absolute Gasteiger partial charge is 0.273 e. The van der Waals surface area contributed by atoms with E-state index in [1.54, 1.807) is 36.4 Å². The first-order valence-electron chi connectivity index (χ1n) is 10.7. The van der Waals surface area contributed by atoms with Gasteiger partial charge in [-0.1, -0.05) is 23.8 Å². The van der Waals surface area contributed by atoms with Crippen LogP contribution in [0.2, 0.25) is 0 Å². The molecule has 0 fully saturated rings. The summed E-state index contributed by atoms with van der Waals surface area (Å²) in [6.45, 7) is 1.99. The zero-order chi connectivity index (χ0) is 24.5. The van der Waals surface area contributed by atoms with Gasteiger partial charge in [0.2, 0.25) is 0 Å². The number of nitro benzene ring substituents is 1. The normalized spacial score (nSPS) is 12.4. The summed E-state index contributed by atoms with van der Waals surface area (Å²) in [4.78, 5) is 37.6. The lowest BCUT2D eigenvalue weighted by Gasteiger charge is -2.14. The molecule has 0 aromatic heterocycles. The third kappa shape index (κ3) is 4.32.